The van der Waals surface area contributed by atoms with E-state index in [9.17, 15) is 17.6 Å². The molecule has 3 radical (unpaired) electrons. The molecule has 105 valence electrons. The molecule has 1 aromatic carbocycles. The first-order valence-corrected chi connectivity index (χ1v) is 6.10. The van der Waals surface area contributed by atoms with Crippen molar-refractivity contribution < 1.29 is 17.6 Å². The Kier molecular flexibility index (Phi) is 5.52. The predicted octanol–water partition coefficient (Wildman–Crippen LogP) is 3.18. The van der Waals surface area contributed by atoms with E-state index in [0.29, 0.717) is 6.07 Å². The molecule has 0 aliphatic rings. The van der Waals surface area contributed by atoms with Crippen LogP contribution in [-0.4, -0.2) is 26.7 Å². The molecule has 2 N–H and O–H groups in total. The SMILES string of the molecule is NC(Cl)c1nc(-c2ccc(F)c(C(F)(F)F)c2)ns1.[Al]. The summed E-state index contributed by atoms with van der Waals surface area (Å²) in [4.78, 5) is 3.89. The maximum Gasteiger partial charge on any atom is 0.419 e. The molecule has 3 nitrogen and oxygen atoms in total. The smallest absolute Gasteiger partial charge is 0.310 e. The quantitative estimate of drug-likeness (QED) is 0.396. The van der Waals surface area contributed by atoms with E-state index in [1.54, 1.807) is 0 Å². The molecule has 0 amide bonds. The Bertz CT molecular complexity index is 602. The molecule has 0 bridgehead atoms. The Morgan fingerprint density at radius 1 is 1.30 bits per heavy atom. The highest BCUT2D eigenvalue weighted by Crippen LogP contribution is 2.34. The van der Waals surface area contributed by atoms with Gasteiger partial charge in [0, 0.05) is 22.9 Å². The van der Waals surface area contributed by atoms with Crippen LogP contribution in [0.25, 0.3) is 11.4 Å². The molecule has 2 aromatic rings. The Labute approximate surface area is 131 Å². The monoisotopic (exact) mass is 338 g/mol. The van der Waals surface area contributed by atoms with Crippen molar-refractivity contribution in [3.8, 4) is 11.4 Å². The molecule has 0 spiro atoms. The summed E-state index contributed by atoms with van der Waals surface area (Å²) < 4.78 is 54.6. The van der Waals surface area contributed by atoms with Crippen molar-refractivity contribution in [1.82, 2.24) is 9.36 Å². The summed E-state index contributed by atoms with van der Waals surface area (Å²) in [7, 11) is 0. The fourth-order valence-electron chi connectivity index (χ4n) is 1.35. The molecule has 0 saturated carbocycles. The second-order valence-corrected chi connectivity index (χ2v) is 4.80. The molecular weight excluding hydrogens is 333 g/mol. The van der Waals surface area contributed by atoms with Gasteiger partial charge in [-0.15, -0.1) is 0 Å². The number of rotatable bonds is 2. The number of nitrogens with two attached hydrogens (primary N) is 1. The minimum atomic E-state index is -4.78. The average molecular weight is 339 g/mol. The predicted molar refractivity (Wildman–Crippen MR) is 68.8 cm³/mol. The molecule has 1 unspecified atom stereocenters. The Morgan fingerprint density at radius 2 is 1.95 bits per heavy atom. The number of hydrogen-bond acceptors (Lipinski definition) is 4. The molecule has 1 aromatic heterocycles. The summed E-state index contributed by atoms with van der Waals surface area (Å²) >= 11 is 6.46. The van der Waals surface area contributed by atoms with Crippen molar-refractivity contribution >= 4 is 40.5 Å². The van der Waals surface area contributed by atoms with Gasteiger partial charge in [-0.1, -0.05) is 11.6 Å². The van der Waals surface area contributed by atoms with E-state index < -0.39 is 23.1 Å². The lowest BCUT2D eigenvalue weighted by molar-refractivity contribution is -0.139. The van der Waals surface area contributed by atoms with Crippen LogP contribution < -0.4 is 5.73 Å². The summed E-state index contributed by atoms with van der Waals surface area (Å²) in [5.41, 5.74) is 3.17. The van der Waals surface area contributed by atoms with E-state index in [4.69, 9.17) is 17.3 Å². The van der Waals surface area contributed by atoms with Gasteiger partial charge in [-0.05, 0) is 29.7 Å². The number of halogens is 5. The van der Waals surface area contributed by atoms with E-state index in [-0.39, 0.29) is 33.8 Å². The first-order chi connectivity index (χ1) is 8.79. The third kappa shape index (κ3) is 3.68. The topological polar surface area (TPSA) is 51.8 Å². The number of aromatic nitrogens is 2. The highest BCUT2D eigenvalue weighted by atomic mass is 35.5. The van der Waals surface area contributed by atoms with Gasteiger partial charge in [0.05, 0.1) is 5.56 Å². The maximum absolute atomic E-state index is 13.1. The lowest BCUT2D eigenvalue weighted by Crippen LogP contribution is -2.08. The van der Waals surface area contributed by atoms with Crippen LogP contribution in [0.15, 0.2) is 18.2 Å². The highest BCUT2D eigenvalue weighted by molar-refractivity contribution is 7.06. The molecule has 20 heavy (non-hydrogen) atoms. The third-order valence-corrected chi connectivity index (χ3v) is 3.34. The van der Waals surface area contributed by atoms with Gasteiger partial charge in [0.1, 0.15) is 16.3 Å². The van der Waals surface area contributed by atoms with Gasteiger partial charge >= 0.3 is 6.18 Å². The van der Waals surface area contributed by atoms with Crippen LogP contribution in [0.5, 0.6) is 0 Å². The van der Waals surface area contributed by atoms with Crippen LogP contribution >= 0.6 is 23.1 Å². The lowest BCUT2D eigenvalue weighted by Gasteiger charge is -2.08. The normalized spacial score (nSPS) is 12.9. The van der Waals surface area contributed by atoms with Gasteiger partial charge in [0.25, 0.3) is 0 Å². The fraction of sp³-hybridized carbons (Fsp3) is 0.200. The lowest BCUT2D eigenvalue weighted by atomic mass is 10.1. The van der Waals surface area contributed by atoms with Crippen LogP contribution in [0.1, 0.15) is 16.1 Å². The zero-order valence-corrected chi connectivity index (χ0v) is 12.4. The van der Waals surface area contributed by atoms with Crippen LogP contribution in [0.4, 0.5) is 17.6 Å². The minimum Gasteiger partial charge on any atom is -0.310 e. The second kappa shape index (κ2) is 6.37. The van der Waals surface area contributed by atoms with Crippen LogP contribution in [-0.2, 0) is 6.18 Å². The van der Waals surface area contributed by atoms with Gasteiger partial charge in [-0.25, -0.2) is 9.37 Å². The highest BCUT2D eigenvalue weighted by Gasteiger charge is 2.34. The van der Waals surface area contributed by atoms with Crippen molar-refractivity contribution in [1.29, 1.82) is 0 Å². The van der Waals surface area contributed by atoms with Crippen molar-refractivity contribution in [2.24, 2.45) is 5.73 Å². The molecule has 0 aliphatic heterocycles. The molecule has 1 atom stereocenters. The molecule has 0 aliphatic carbocycles. The summed E-state index contributed by atoms with van der Waals surface area (Å²) in [6, 6.07) is 2.54. The molecule has 1 heterocycles. The fourth-order valence-corrected chi connectivity index (χ4v) is 2.07. The summed E-state index contributed by atoms with van der Waals surface area (Å²) in [5, 5.41) is 0.273. The summed E-state index contributed by atoms with van der Waals surface area (Å²) in [5.74, 6) is -1.32. The number of alkyl halides is 4. The van der Waals surface area contributed by atoms with E-state index in [0.717, 1.165) is 23.7 Å². The first-order valence-electron chi connectivity index (χ1n) is 4.89. The van der Waals surface area contributed by atoms with E-state index >= 15 is 0 Å². The molecule has 2 rings (SSSR count). The van der Waals surface area contributed by atoms with E-state index in [1.807, 2.05) is 0 Å². The van der Waals surface area contributed by atoms with Crippen LogP contribution in [0.3, 0.4) is 0 Å². The number of hydrogen-bond donors (Lipinski definition) is 1. The maximum atomic E-state index is 13.1. The number of nitrogens with zero attached hydrogens (tertiary/aromatic N) is 2. The Balaban J connectivity index is 0.00000200. The van der Waals surface area contributed by atoms with Gasteiger partial charge in [0.2, 0.25) is 0 Å². The number of benzene rings is 1. The van der Waals surface area contributed by atoms with Crippen LogP contribution in [0.2, 0.25) is 0 Å². The Morgan fingerprint density at radius 3 is 2.45 bits per heavy atom. The zero-order chi connectivity index (χ0) is 14.2. The average Bonchev–Trinajstić information content (AvgIpc) is 2.77. The largest absolute Gasteiger partial charge is 0.419 e. The Hall–Kier alpha value is -0.718. The molecule has 10 heteroatoms. The summed E-state index contributed by atoms with van der Waals surface area (Å²) in [6.07, 6.45) is -4.78. The van der Waals surface area contributed by atoms with E-state index in [2.05, 4.69) is 9.36 Å². The van der Waals surface area contributed by atoms with Gasteiger partial charge in [0.15, 0.2) is 5.82 Å². The van der Waals surface area contributed by atoms with Crippen molar-refractivity contribution in [3.05, 3.63) is 34.6 Å². The summed E-state index contributed by atoms with van der Waals surface area (Å²) in [6.45, 7) is 0. The molecular formula is C10H6AlClF4N3S. The van der Waals surface area contributed by atoms with Gasteiger partial charge < -0.3 is 5.73 Å². The van der Waals surface area contributed by atoms with Crippen molar-refractivity contribution in [2.45, 2.75) is 11.7 Å². The van der Waals surface area contributed by atoms with Gasteiger partial charge in [-0.3, -0.25) is 0 Å². The standard InChI is InChI=1S/C10H6ClF4N3S.Al/c11-7(16)9-17-8(18-19-9)4-1-2-6(12)5(3-4)10(13,14)15;/h1-3,7H,16H2;. The first kappa shape index (κ1) is 17.3. The molecule has 0 saturated heterocycles. The van der Waals surface area contributed by atoms with Gasteiger partial charge in [-0.2, -0.15) is 17.5 Å². The molecule has 0 fully saturated rings. The zero-order valence-electron chi connectivity index (χ0n) is 9.66. The second-order valence-electron chi connectivity index (χ2n) is 3.55. The van der Waals surface area contributed by atoms with Crippen LogP contribution in [0, 0.1) is 5.82 Å². The van der Waals surface area contributed by atoms with Crippen molar-refractivity contribution in [3.63, 3.8) is 0 Å². The third-order valence-electron chi connectivity index (χ3n) is 2.21. The minimum absolute atomic E-state index is 0. The van der Waals surface area contributed by atoms with E-state index in [1.165, 1.54) is 0 Å². The van der Waals surface area contributed by atoms with Crippen molar-refractivity contribution in [2.75, 3.05) is 0 Å².